The van der Waals surface area contributed by atoms with E-state index in [0.29, 0.717) is 31.6 Å². The van der Waals surface area contributed by atoms with Crippen molar-refractivity contribution in [2.24, 2.45) is 5.92 Å². The van der Waals surface area contributed by atoms with E-state index < -0.39 is 12.1 Å². The van der Waals surface area contributed by atoms with Crippen molar-refractivity contribution < 1.29 is 14.7 Å². The van der Waals surface area contributed by atoms with E-state index in [1.807, 2.05) is 36.4 Å². The van der Waals surface area contributed by atoms with Crippen LogP contribution in [0, 0.1) is 5.92 Å². The molecule has 4 N–H and O–H groups in total. The average molecular weight is 367 g/mol. The molecule has 6 heteroatoms. The van der Waals surface area contributed by atoms with Gasteiger partial charge >= 0.3 is 0 Å². The van der Waals surface area contributed by atoms with Crippen molar-refractivity contribution in [1.82, 2.24) is 16.0 Å². The molecule has 1 fully saturated rings. The molecule has 3 atom stereocenters. The summed E-state index contributed by atoms with van der Waals surface area (Å²) in [6.07, 6.45) is -0.0618. The number of aliphatic hydroxyl groups excluding tert-OH is 1. The lowest BCUT2D eigenvalue weighted by molar-refractivity contribution is -0.123. The lowest BCUT2D eigenvalue weighted by Gasteiger charge is -2.21. The van der Waals surface area contributed by atoms with Gasteiger partial charge in [0.15, 0.2) is 0 Å². The van der Waals surface area contributed by atoms with E-state index in [1.54, 1.807) is 24.3 Å². The quantitative estimate of drug-likeness (QED) is 0.581. The Labute approximate surface area is 159 Å². The largest absolute Gasteiger partial charge is 0.391 e. The van der Waals surface area contributed by atoms with Crippen LogP contribution in [0.25, 0.3) is 0 Å². The summed E-state index contributed by atoms with van der Waals surface area (Å²) in [6.45, 7) is 1.58. The Bertz CT molecular complexity index is 752. The monoisotopic (exact) mass is 367 g/mol. The molecule has 2 amide bonds. The molecule has 1 aliphatic heterocycles. The minimum Gasteiger partial charge on any atom is -0.391 e. The lowest BCUT2D eigenvalue weighted by Crippen LogP contribution is -2.49. The topological polar surface area (TPSA) is 90.5 Å². The number of β-amino-alcohol motifs (C(OH)–C–C–N with tert-alkyl or cyclic N) is 1. The van der Waals surface area contributed by atoms with Gasteiger partial charge in [0.1, 0.15) is 6.04 Å². The maximum Gasteiger partial charge on any atom is 0.251 e. The molecule has 0 bridgehead atoms. The van der Waals surface area contributed by atoms with Gasteiger partial charge in [0, 0.05) is 37.5 Å². The summed E-state index contributed by atoms with van der Waals surface area (Å²) in [5.74, 6) is -0.548. The van der Waals surface area contributed by atoms with Gasteiger partial charge in [0.25, 0.3) is 5.91 Å². The number of amides is 2. The van der Waals surface area contributed by atoms with Crippen molar-refractivity contribution in [2.75, 3.05) is 19.6 Å². The summed E-state index contributed by atoms with van der Waals surface area (Å²) in [5, 5.41) is 18.7. The first-order chi connectivity index (χ1) is 13.1. The highest BCUT2D eigenvalue weighted by atomic mass is 16.3. The van der Waals surface area contributed by atoms with Gasteiger partial charge in [-0.3, -0.25) is 9.59 Å². The molecule has 2 aromatic rings. The van der Waals surface area contributed by atoms with Gasteiger partial charge in [-0.15, -0.1) is 0 Å². The standard InChI is InChI=1S/C21H25N3O3/c25-19-14-22-12-17(19)13-23-21(27)18(11-15-7-3-1-4-8-15)24-20(26)16-9-5-2-6-10-16/h1-10,17-19,22,25H,11-14H2,(H,23,27)(H,24,26). The van der Waals surface area contributed by atoms with Gasteiger partial charge in [-0.2, -0.15) is 0 Å². The predicted octanol–water partition coefficient (Wildman–Crippen LogP) is 0.724. The summed E-state index contributed by atoms with van der Waals surface area (Å²) in [4.78, 5) is 25.3. The summed E-state index contributed by atoms with van der Waals surface area (Å²) in [7, 11) is 0. The normalized spacial score (nSPS) is 20.0. The molecular weight excluding hydrogens is 342 g/mol. The van der Waals surface area contributed by atoms with E-state index >= 15 is 0 Å². The van der Waals surface area contributed by atoms with Gasteiger partial charge in [-0.1, -0.05) is 48.5 Å². The number of aliphatic hydroxyl groups is 1. The SMILES string of the molecule is O=C(NC(Cc1ccccc1)C(=O)NCC1CNCC1O)c1ccccc1. The summed E-state index contributed by atoms with van der Waals surface area (Å²) in [6, 6.07) is 17.7. The number of carbonyl (C=O) groups is 2. The van der Waals surface area contributed by atoms with Crippen LogP contribution in [0.15, 0.2) is 60.7 Å². The maximum atomic E-state index is 12.7. The van der Waals surface area contributed by atoms with Crippen LogP contribution in [0.3, 0.4) is 0 Å². The third kappa shape index (κ3) is 5.39. The Morgan fingerprint density at radius 1 is 1.04 bits per heavy atom. The van der Waals surface area contributed by atoms with E-state index in [2.05, 4.69) is 16.0 Å². The van der Waals surface area contributed by atoms with E-state index in [-0.39, 0.29) is 17.7 Å². The summed E-state index contributed by atoms with van der Waals surface area (Å²) in [5.41, 5.74) is 1.48. The maximum absolute atomic E-state index is 12.7. The molecule has 0 aliphatic carbocycles. The van der Waals surface area contributed by atoms with Crippen molar-refractivity contribution in [3.63, 3.8) is 0 Å². The number of carbonyl (C=O) groups excluding carboxylic acids is 2. The second-order valence-corrected chi connectivity index (χ2v) is 6.81. The van der Waals surface area contributed by atoms with Crippen molar-refractivity contribution in [3.05, 3.63) is 71.8 Å². The lowest BCUT2D eigenvalue weighted by atomic mass is 10.0. The fourth-order valence-electron chi connectivity index (χ4n) is 3.17. The highest BCUT2D eigenvalue weighted by Gasteiger charge is 2.27. The summed E-state index contributed by atoms with van der Waals surface area (Å²) < 4.78 is 0. The van der Waals surface area contributed by atoms with Crippen LogP contribution in [0.1, 0.15) is 15.9 Å². The van der Waals surface area contributed by atoms with Crippen LogP contribution < -0.4 is 16.0 Å². The predicted molar refractivity (Wildman–Crippen MR) is 103 cm³/mol. The smallest absolute Gasteiger partial charge is 0.251 e. The molecule has 2 aromatic carbocycles. The van der Waals surface area contributed by atoms with Crippen LogP contribution in [-0.4, -0.2) is 48.7 Å². The minimum atomic E-state index is -0.688. The zero-order valence-electron chi connectivity index (χ0n) is 15.1. The second kappa shape index (κ2) is 9.30. The molecule has 1 aliphatic rings. The van der Waals surface area contributed by atoms with Crippen molar-refractivity contribution in [2.45, 2.75) is 18.6 Å². The van der Waals surface area contributed by atoms with E-state index in [4.69, 9.17) is 0 Å². The molecule has 0 spiro atoms. The fourth-order valence-corrected chi connectivity index (χ4v) is 3.17. The molecule has 3 unspecified atom stereocenters. The molecule has 27 heavy (non-hydrogen) atoms. The Hall–Kier alpha value is -2.70. The van der Waals surface area contributed by atoms with Crippen molar-refractivity contribution in [1.29, 1.82) is 0 Å². The first-order valence-corrected chi connectivity index (χ1v) is 9.20. The first-order valence-electron chi connectivity index (χ1n) is 9.20. The van der Waals surface area contributed by atoms with Gasteiger partial charge in [-0.25, -0.2) is 0 Å². The molecule has 0 radical (unpaired) electrons. The van der Waals surface area contributed by atoms with Gasteiger partial charge in [-0.05, 0) is 17.7 Å². The Kier molecular flexibility index (Phi) is 6.57. The highest BCUT2D eigenvalue weighted by molar-refractivity contribution is 5.97. The van der Waals surface area contributed by atoms with Crippen molar-refractivity contribution in [3.8, 4) is 0 Å². The Morgan fingerprint density at radius 3 is 2.33 bits per heavy atom. The number of hydrogen-bond acceptors (Lipinski definition) is 4. The molecule has 1 heterocycles. The van der Waals surface area contributed by atoms with Crippen LogP contribution >= 0.6 is 0 Å². The first kappa shape index (κ1) is 19.1. The zero-order chi connectivity index (χ0) is 19.1. The molecule has 0 saturated carbocycles. The Morgan fingerprint density at radius 2 is 1.70 bits per heavy atom. The molecule has 1 saturated heterocycles. The second-order valence-electron chi connectivity index (χ2n) is 6.81. The molecule has 3 rings (SSSR count). The van der Waals surface area contributed by atoms with Crippen LogP contribution in [0.2, 0.25) is 0 Å². The van der Waals surface area contributed by atoms with Crippen LogP contribution in [0.5, 0.6) is 0 Å². The van der Waals surface area contributed by atoms with Gasteiger partial charge < -0.3 is 21.1 Å². The van der Waals surface area contributed by atoms with Gasteiger partial charge in [0.2, 0.25) is 5.91 Å². The molecule has 142 valence electrons. The molecular formula is C21H25N3O3. The third-order valence-corrected chi connectivity index (χ3v) is 4.78. The van der Waals surface area contributed by atoms with E-state index in [1.165, 1.54) is 0 Å². The third-order valence-electron chi connectivity index (χ3n) is 4.78. The Balaban J connectivity index is 1.66. The van der Waals surface area contributed by atoms with Crippen LogP contribution in [-0.2, 0) is 11.2 Å². The molecule has 0 aromatic heterocycles. The van der Waals surface area contributed by atoms with E-state index in [9.17, 15) is 14.7 Å². The molecule has 6 nitrogen and oxygen atoms in total. The number of nitrogens with one attached hydrogen (secondary N) is 3. The number of hydrogen-bond donors (Lipinski definition) is 4. The number of rotatable bonds is 7. The van der Waals surface area contributed by atoms with Crippen LogP contribution in [0.4, 0.5) is 0 Å². The fraction of sp³-hybridized carbons (Fsp3) is 0.333. The van der Waals surface area contributed by atoms with Crippen molar-refractivity contribution >= 4 is 11.8 Å². The zero-order valence-corrected chi connectivity index (χ0v) is 15.1. The average Bonchev–Trinajstić information content (AvgIpc) is 3.12. The highest BCUT2D eigenvalue weighted by Crippen LogP contribution is 2.09. The van der Waals surface area contributed by atoms with Gasteiger partial charge in [0.05, 0.1) is 6.10 Å². The number of benzene rings is 2. The van der Waals surface area contributed by atoms with E-state index in [0.717, 1.165) is 5.56 Å². The minimum absolute atomic E-state index is 0.0175. The summed E-state index contributed by atoms with van der Waals surface area (Å²) >= 11 is 0.